The fourth-order valence-electron chi connectivity index (χ4n) is 4.73. The van der Waals surface area contributed by atoms with Gasteiger partial charge in [0.1, 0.15) is 11.9 Å². The summed E-state index contributed by atoms with van der Waals surface area (Å²) in [5.41, 5.74) is 1.89. The van der Waals surface area contributed by atoms with Crippen molar-refractivity contribution in [1.29, 1.82) is 0 Å². The number of ether oxygens (including phenoxy) is 1. The van der Waals surface area contributed by atoms with E-state index in [-0.39, 0.29) is 30.8 Å². The van der Waals surface area contributed by atoms with Gasteiger partial charge in [-0.15, -0.1) is 0 Å². The molecule has 1 fully saturated rings. The van der Waals surface area contributed by atoms with E-state index in [0.29, 0.717) is 13.1 Å². The van der Waals surface area contributed by atoms with Crippen LogP contribution in [0.5, 0.6) is 5.75 Å². The Morgan fingerprint density at radius 2 is 1.83 bits per heavy atom. The van der Waals surface area contributed by atoms with E-state index < -0.39 is 0 Å². The molecule has 0 radical (unpaired) electrons. The van der Waals surface area contributed by atoms with Crippen molar-refractivity contribution in [2.24, 2.45) is 11.8 Å². The number of nitrogens with zero attached hydrogens (tertiary/aromatic N) is 2. The fourth-order valence-corrected chi connectivity index (χ4v) is 4.73. The van der Waals surface area contributed by atoms with Crippen LogP contribution in [0.2, 0.25) is 0 Å². The average Bonchev–Trinajstić information content (AvgIpc) is 2.68. The Morgan fingerprint density at radius 3 is 2.57 bits per heavy atom. The van der Waals surface area contributed by atoms with Crippen LogP contribution in [-0.4, -0.2) is 55.5 Å². The minimum Gasteiger partial charge on any atom is -0.487 e. The quantitative estimate of drug-likeness (QED) is 0.694. The zero-order valence-corrected chi connectivity index (χ0v) is 18.9. The Balaban J connectivity index is 1.40. The van der Waals surface area contributed by atoms with Crippen LogP contribution in [0.3, 0.4) is 0 Å². The molecule has 2 aliphatic rings. The first-order valence-corrected chi connectivity index (χ1v) is 11.4. The summed E-state index contributed by atoms with van der Waals surface area (Å²) in [5, 5.41) is 2.98. The van der Waals surface area contributed by atoms with Gasteiger partial charge in [-0.05, 0) is 62.8 Å². The highest BCUT2D eigenvalue weighted by molar-refractivity contribution is 5.97. The molecule has 1 aromatic rings. The van der Waals surface area contributed by atoms with Crippen LogP contribution in [0.15, 0.2) is 18.2 Å². The van der Waals surface area contributed by atoms with Crippen molar-refractivity contribution in [2.75, 3.05) is 37.6 Å². The van der Waals surface area contributed by atoms with E-state index in [9.17, 15) is 9.59 Å². The summed E-state index contributed by atoms with van der Waals surface area (Å²) in [6.07, 6.45) is 2.65. The van der Waals surface area contributed by atoms with Crippen molar-refractivity contribution in [3.05, 3.63) is 23.8 Å². The molecule has 0 saturated carbocycles. The molecule has 2 aliphatic heterocycles. The molecule has 3 rings (SSSR count). The van der Waals surface area contributed by atoms with Gasteiger partial charge >= 0.3 is 0 Å². The molecule has 1 saturated heterocycles. The molecule has 6 nitrogen and oxygen atoms in total. The lowest BCUT2D eigenvalue weighted by atomic mass is 9.92. The van der Waals surface area contributed by atoms with E-state index >= 15 is 0 Å². The number of likely N-dealkylation sites (tertiary alicyclic amines) is 1. The Hall–Kier alpha value is -2.08. The van der Waals surface area contributed by atoms with E-state index in [0.717, 1.165) is 54.9 Å². The number of hydrogen-bond acceptors (Lipinski definition) is 4. The number of benzene rings is 1. The van der Waals surface area contributed by atoms with Crippen molar-refractivity contribution in [1.82, 2.24) is 10.2 Å². The maximum Gasteiger partial charge on any atom is 0.227 e. The predicted molar refractivity (Wildman–Crippen MR) is 120 cm³/mol. The molecular weight excluding hydrogens is 378 g/mol. The van der Waals surface area contributed by atoms with Crippen molar-refractivity contribution >= 4 is 17.5 Å². The Labute approximate surface area is 180 Å². The van der Waals surface area contributed by atoms with Crippen LogP contribution in [0.4, 0.5) is 5.69 Å². The second-order valence-corrected chi connectivity index (χ2v) is 9.31. The molecular formula is C24H37N3O3. The number of anilines is 1. The summed E-state index contributed by atoms with van der Waals surface area (Å²) in [7, 11) is 0. The van der Waals surface area contributed by atoms with Crippen LogP contribution < -0.4 is 15.0 Å². The monoisotopic (exact) mass is 415 g/mol. The number of aryl methyl sites for hydroxylation is 1. The van der Waals surface area contributed by atoms with Crippen LogP contribution in [0.25, 0.3) is 0 Å². The van der Waals surface area contributed by atoms with Crippen molar-refractivity contribution in [3.63, 3.8) is 0 Å². The number of rotatable bonds is 7. The molecule has 6 heteroatoms. The Kier molecular flexibility index (Phi) is 7.75. The average molecular weight is 416 g/mol. The lowest BCUT2D eigenvalue weighted by molar-refractivity contribution is -0.125. The van der Waals surface area contributed by atoms with Crippen LogP contribution in [0.1, 0.15) is 52.0 Å². The molecule has 0 aromatic heterocycles. The van der Waals surface area contributed by atoms with Gasteiger partial charge in [0.2, 0.25) is 11.8 Å². The fraction of sp³-hybridized carbons (Fsp3) is 0.667. The standard InChI is InChI=1S/C24H37N3O3/c1-17-6-7-22-21(13-17)27(16-20(4)30-22)24(29)9-8-23(28)25-10-5-11-26-14-18(2)12-19(3)15-26/h6-7,13,18-20H,5,8-12,14-16H2,1-4H3,(H,25,28)/t18-,19+,20-/m0/s1. The third-order valence-electron chi connectivity index (χ3n) is 5.96. The van der Waals surface area contributed by atoms with E-state index in [1.54, 1.807) is 4.90 Å². The van der Waals surface area contributed by atoms with Gasteiger partial charge in [-0.25, -0.2) is 0 Å². The minimum atomic E-state index is -0.0572. The predicted octanol–water partition coefficient (Wildman–Crippen LogP) is 3.37. The molecule has 0 aliphatic carbocycles. The van der Waals surface area contributed by atoms with Gasteiger partial charge in [0.25, 0.3) is 0 Å². The van der Waals surface area contributed by atoms with Crippen LogP contribution in [-0.2, 0) is 9.59 Å². The Bertz CT molecular complexity index is 741. The highest BCUT2D eigenvalue weighted by atomic mass is 16.5. The third kappa shape index (κ3) is 6.21. The summed E-state index contributed by atoms with van der Waals surface area (Å²) in [6, 6.07) is 5.87. The SMILES string of the molecule is Cc1ccc2c(c1)N(C(=O)CCC(=O)NCCCN1C[C@H](C)C[C@H](C)C1)C[C@H](C)O2. The highest BCUT2D eigenvalue weighted by Gasteiger charge is 2.27. The summed E-state index contributed by atoms with van der Waals surface area (Å²) in [5.74, 6) is 2.17. The van der Waals surface area contributed by atoms with Crippen molar-refractivity contribution in [2.45, 2.75) is 59.5 Å². The lowest BCUT2D eigenvalue weighted by Gasteiger charge is -2.35. The number of fused-ring (bicyclic) bond motifs is 1. The molecule has 2 heterocycles. The van der Waals surface area contributed by atoms with Gasteiger partial charge in [0, 0.05) is 32.5 Å². The van der Waals surface area contributed by atoms with Crippen LogP contribution in [0, 0.1) is 18.8 Å². The maximum atomic E-state index is 12.8. The van der Waals surface area contributed by atoms with E-state index in [1.807, 2.05) is 32.0 Å². The van der Waals surface area contributed by atoms with Gasteiger partial charge in [0.05, 0.1) is 12.2 Å². The maximum absolute atomic E-state index is 12.8. The smallest absolute Gasteiger partial charge is 0.227 e. The Morgan fingerprint density at radius 1 is 1.10 bits per heavy atom. The van der Waals surface area contributed by atoms with Gasteiger partial charge in [-0.2, -0.15) is 0 Å². The largest absolute Gasteiger partial charge is 0.487 e. The van der Waals surface area contributed by atoms with Crippen LogP contribution >= 0.6 is 0 Å². The number of hydrogen-bond donors (Lipinski definition) is 1. The summed E-state index contributed by atoms with van der Waals surface area (Å²) in [4.78, 5) is 29.3. The number of carbonyl (C=O) groups excluding carboxylic acids is 2. The first-order chi connectivity index (χ1) is 14.3. The van der Waals surface area contributed by atoms with Crippen molar-refractivity contribution in [3.8, 4) is 5.75 Å². The molecule has 0 bridgehead atoms. The summed E-state index contributed by atoms with van der Waals surface area (Å²) >= 11 is 0. The van der Waals surface area contributed by atoms with E-state index in [2.05, 4.69) is 24.1 Å². The topological polar surface area (TPSA) is 61.9 Å². The van der Waals surface area contributed by atoms with E-state index in [1.165, 1.54) is 6.42 Å². The second kappa shape index (κ2) is 10.3. The number of nitrogens with one attached hydrogen (secondary N) is 1. The normalized spacial score (nSPS) is 24.1. The molecule has 166 valence electrons. The molecule has 2 amide bonds. The third-order valence-corrected chi connectivity index (χ3v) is 5.96. The molecule has 1 aromatic carbocycles. The molecule has 1 N–H and O–H groups in total. The zero-order valence-electron chi connectivity index (χ0n) is 18.9. The molecule has 30 heavy (non-hydrogen) atoms. The minimum absolute atomic E-state index is 0.0246. The lowest BCUT2D eigenvalue weighted by Crippen LogP contribution is -2.42. The summed E-state index contributed by atoms with van der Waals surface area (Å²) < 4.78 is 5.84. The molecule has 0 unspecified atom stereocenters. The van der Waals surface area contributed by atoms with Gasteiger partial charge in [-0.1, -0.05) is 19.9 Å². The first-order valence-electron chi connectivity index (χ1n) is 11.4. The van der Waals surface area contributed by atoms with Gasteiger partial charge in [-0.3, -0.25) is 9.59 Å². The first kappa shape index (κ1) is 22.6. The summed E-state index contributed by atoms with van der Waals surface area (Å²) in [6.45, 7) is 13.1. The number of piperidine rings is 1. The number of carbonyl (C=O) groups is 2. The molecule has 3 atom stereocenters. The van der Waals surface area contributed by atoms with Gasteiger partial charge in [0.15, 0.2) is 0 Å². The second-order valence-electron chi connectivity index (χ2n) is 9.31. The molecule has 0 spiro atoms. The van der Waals surface area contributed by atoms with Crippen molar-refractivity contribution < 1.29 is 14.3 Å². The highest BCUT2D eigenvalue weighted by Crippen LogP contribution is 2.34. The number of amides is 2. The zero-order chi connectivity index (χ0) is 21.7. The van der Waals surface area contributed by atoms with Gasteiger partial charge < -0.3 is 19.9 Å². The van der Waals surface area contributed by atoms with E-state index in [4.69, 9.17) is 4.74 Å².